The first-order valence-electron chi connectivity index (χ1n) is 7.52. The molecule has 120 valence electrons. The van der Waals surface area contributed by atoms with Crippen molar-refractivity contribution >= 4 is 23.2 Å². The summed E-state index contributed by atoms with van der Waals surface area (Å²) in [5.74, 6) is 1.99. The SMILES string of the molecule is Cc1ccc(C(C)(C)CC(C)NCc2ccc(Cl)cc2Cl)o1. The molecule has 0 aliphatic heterocycles. The van der Waals surface area contributed by atoms with Crippen molar-refractivity contribution in [2.24, 2.45) is 0 Å². The summed E-state index contributed by atoms with van der Waals surface area (Å²) in [4.78, 5) is 0. The van der Waals surface area contributed by atoms with Crippen molar-refractivity contribution < 1.29 is 4.42 Å². The van der Waals surface area contributed by atoms with Crippen LogP contribution in [0.2, 0.25) is 10.0 Å². The summed E-state index contributed by atoms with van der Waals surface area (Å²) in [6.07, 6.45) is 0.977. The van der Waals surface area contributed by atoms with E-state index in [0.29, 0.717) is 16.1 Å². The summed E-state index contributed by atoms with van der Waals surface area (Å²) in [6, 6.07) is 10.0. The molecular formula is C18H23Cl2NO. The summed E-state index contributed by atoms with van der Waals surface area (Å²) in [5, 5.41) is 4.89. The quantitative estimate of drug-likeness (QED) is 0.725. The zero-order valence-corrected chi connectivity index (χ0v) is 15.1. The number of hydrogen-bond acceptors (Lipinski definition) is 2. The second kappa shape index (κ2) is 7.08. The smallest absolute Gasteiger partial charge is 0.109 e. The van der Waals surface area contributed by atoms with Crippen LogP contribution in [-0.2, 0) is 12.0 Å². The van der Waals surface area contributed by atoms with Crippen LogP contribution in [0.25, 0.3) is 0 Å². The number of aryl methyl sites for hydroxylation is 1. The van der Waals surface area contributed by atoms with Crippen LogP contribution in [0.4, 0.5) is 0 Å². The van der Waals surface area contributed by atoms with E-state index in [-0.39, 0.29) is 5.41 Å². The molecule has 4 heteroatoms. The van der Waals surface area contributed by atoms with Gasteiger partial charge in [-0.15, -0.1) is 0 Å². The van der Waals surface area contributed by atoms with E-state index < -0.39 is 0 Å². The highest BCUT2D eigenvalue weighted by Gasteiger charge is 2.26. The average molecular weight is 340 g/mol. The van der Waals surface area contributed by atoms with Crippen LogP contribution in [0, 0.1) is 6.92 Å². The Morgan fingerprint density at radius 1 is 1.18 bits per heavy atom. The van der Waals surface area contributed by atoms with Gasteiger partial charge in [0.2, 0.25) is 0 Å². The normalized spacial score (nSPS) is 13.4. The zero-order chi connectivity index (χ0) is 16.3. The lowest BCUT2D eigenvalue weighted by Crippen LogP contribution is -2.32. The molecule has 1 aromatic heterocycles. The van der Waals surface area contributed by atoms with Gasteiger partial charge in [0.1, 0.15) is 11.5 Å². The molecular weight excluding hydrogens is 317 g/mol. The second-order valence-electron chi connectivity index (χ2n) is 6.52. The van der Waals surface area contributed by atoms with E-state index in [1.807, 2.05) is 25.1 Å². The maximum atomic E-state index is 6.21. The third kappa shape index (κ3) is 4.52. The molecule has 0 spiro atoms. The van der Waals surface area contributed by atoms with Gasteiger partial charge >= 0.3 is 0 Å². The fraction of sp³-hybridized carbons (Fsp3) is 0.444. The minimum absolute atomic E-state index is 0.00946. The predicted molar refractivity (Wildman–Crippen MR) is 93.9 cm³/mol. The molecule has 0 saturated carbocycles. The standard InChI is InChI=1S/C18H23Cl2NO/c1-12(10-18(3,4)17-8-5-13(2)22-17)21-11-14-6-7-15(19)9-16(14)20/h5-9,12,21H,10-11H2,1-4H3. The molecule has 0 radical (unpaired) electrons. The minimum Gasteiger partial charge on any atom is -0.466 e. The summed E-state index contributed by atoms with van der Waals surface area (Å²) in [6.45, 7) is 9.30. The van der Waals surface area contributed by atoms with Crippen molar-refractivity contribution in [1.82, 2.24) is 5.32 Å². The van der Waals surface area contributed by atoms with Crippen molar-refractivity contribution in [1.29, 1.82) is 0 Å². The largest absolute Gasteiger partial charge is 0.466 e. The number of rotatable bonds is 6. The Morgan fingerprint density at radius 3 is 2.50 bits per heavy atom. The van der Waals surface area contributed by atoms with Crippen LogP contribution in [0.15, 0.2) is 34.7 Å². The number of benzene rings is 1. The lowest BCUT2D eigenvalue weighted by atomic mass is 9.83. The molecule has 1 aromatic carbocycles. The van der Waals surface area contributed by atoms with E-state index in [1.54, 1.807) is 6.07 Å². The minimum atomic E-state index is -0.00946. The van der Waals surface area contributed by atoms with Crippen LogP contribution in [0.1, 0.15) is 44.3 Å². The average Bonchev–Trinajstić information content (AvgIpc) is 2.85. The third-order valence-electron chi connectivity index (χ3n) is 3.88. The third-order valence-corrected chi connectivity index (χ3v) is 4.47. The van der Waals surface area contributed by atoms with Crippen molar-refractivity contribution in [2.45, 2.75) is 52.1 Å². The van der Waals surface area contributed by atoms with Crippen LogP contribution in [0.5, 0.6) is 0 Å². The van der Waals surface area contributed by atoms with Crippen LogP contribution < -0.4 is 5.32 Å². The van der Waals surface area contributed by atoms with Gasteiger partial charge in [0.05, 0.1) is 0 Å². The zero-order valence-electron chi connectivity index (χ0n) is 13.5. The summed E-state index contributed by atoms with van der Waals surface area (Å²) in [5.41, 5.74) is 1.05. The van der Waals surface area contributed by atoms with Gasteiger partial charge in [-0.25, -0.2) is 0 Å². The Kier molecular flexibility index (Phi) is 5.60. The van der Waals surface area contributed by atoms with Crippen molar-refractivity contribution in [2.75, 3.05) is 0 Å². The van der Waals surface area contributed by atoms with Crippen LogP contribution >= 0.6 is 23.2 Å². The monoisotopic (exact) mass is 339 g/mol. The summed E-state index contributed by atoms with van der Waals surface area (Å²) >= 11 is 12.1. The Balaban J connectivity index is 1.93. The van der Waals surface area contributed by atoms with E-state index in [2.05, 4.69) is 32.2 Å². The molecule has 0 aliphatic carbocycles. The lowest BCUT2D eigenvalue weighted by molar-refractivity contribution is 0.319. The van der Waals surface area contributed by atoms with Gasteiger partial charge < -0.3 is 9.73 Å². The first-order valence-corrected chi connectivity index (χ1v) is 8.28. The highest BCUT2D eigenvalue weighted by atomic mass is 35.5. The van der Waals surface area contributed by atoms with Gasteiger partial charge in [0.25, 0.3) is 0 Å². The number of furan rings is 1. The van der Waals surface area contributed by atoms with Crippen LogP contribution in [-0.4, -0.2) is 6.04 Å². The number of hydrogen-bond donors (Lipinski definition) is 1. The number of halogens is 2. The van der Waals surface area contributed by atoms with E-state index in [0.717, 1.165) is 30.0 Å². The molecule has 2 nitrogen and oxygen atoms in total. The van der Waals surface area contributed by atoms with E-state index in [1.165, 1.54) is 0 Å². The Morgan fingerprint density at radius 2 is 1.91 bits per heavy atom. The first kappa shape index (κ1) is 17.4. The maximum Gasteiger partial charge on any atom is 0.109 e. The summed E-state index contributed by atoms with van der Waals surface area (Å²) in [7, 11) is 0. The van der Waals surface area contributed by atoms with Gasteiger partial charge in [-0.05, 0) is 50.1 Å². The van der Waals surface area contributed by atoms with E-state index in [9.17, 15) is 0 Å². The van der Waals surface area contributed by atoms with Gasteiger partial charge in [0.15, 0.2) is 0 Å². The predicted octanol–water partition coefficient (Wildman–Crippen LogP) is 5.74. The molecule has 0 amide bonds. The molecule has 22 heavy (non-hydrogen) atoms. The van der Waals surface area contributed by atoms with Crippen LogP contribution in [0.3, 0.4) is 0 Å². The molecule has 1 atom stereocenters. The van der Waals surface area contributed by atoms with E-state index in [4.69, 9.17) is 27.6 Å². The first-order chi connectivity index (χ1) is 10.3. The van der Waals surface area contributed by atoms with Crippen molar-refractivity contribution in [3.63, 3.8) is 0 Å². The lowest BCUT2D eigenvalue weighted by Gasteiger charge is -2.27. The topological polar surface area (TPSA) is 25.2 Å². The molecule has 0 fully saturated rings. The molecule has 1 heterocycles. The second-order valence-corrected chi connectivity index (χ2v) is 7.36. The maximum absolute atomic E-state index is 6.21. The molecule has 0 bridgehead atoms. The summed E-state index contributed by atoms with van der Waals surface area (Å²) < 4.78 is 5.78. The molecule has 2 aromatic rings. The van der Waals surface area contributed by atoms with Crippen molar-refractivity contribution in [3.05, 3.63) is 57.5 Å². The Hall–Kier alpha value is -0.960. The fourth-order valence-electron chi connectivity index (χ4n) is 2.69. The Bertz CT molecular complexity index is 634. The molecule has 0 aliphatic rings. The molecule has 2 rings (SSSR count). The molecule has 1 N–H and O–H groups in total. The Labute approximate surface area is 142 Å². The van der Waals surface area contributed by atoms with Crippen molar-refractivity contribution in [3.8, 4) is 0 Å². The van der Waals surface area contributed by atoms with Gasteiger partial charge in [0, 0.05) is 28.0 Å². The highest BCUT2D eigenvalue weighted by molar-refractivity contribution is 6.35. The van der Waals surface area contributed by atoms with Gasteiger partial charge in [-0.2, -0.15) is 0 Å². The highest BCUT2D eigenvalue weighted by Crippen LogP contribution is 2.30. The van der Waals surface area contributed by atoms with Gasteiger partial charge in [-0.3, -0.25) is 0 Å². The molecule has 1 unspecified atom stereocenters. The van der Waals surface area contributed by atoms with E-state index >= 15 is 0 Å². The molecule has 0 saturated heterocycles. The fourth-order valence-corrected chi connectivity index (χ4v) is 3.16. The van der Waals surface area contributed by atoms with Gasteiger partial charge in [-0.1, -0.05) is 43.1 Å². The number of nitrogens with one attached hydrogen (secondary N) is 1.